The van der Waals surface area contributed by atoms with Crippen molar-refractivity contribution in [1.29, 1.82) is 10.7 Å². The van der Waals surface area contributed by atoms with Crippen LogP contribution in [0.4, 0.5) is 0 Å². The predicted octanol–water partition coefficient (Wildman–Crippen LogP) is 3.69. The number of hydrogen-bond donors (Lipinski definition) is 2. The third-order valence-electron chi connectivity index (χ3n) is 5.63. The van der Waals surface area contributed by atoms with E-state index in [1.165, 1.54) is 22.4 Å². The summed E-state index contributed by atoms with van der Waals surface area (Å²) in [5.41, 5.74) is 2.25. The van der Waals surface area contributed by atoms with E-state index < -0.39 is 11.5 Å². The lowest BCUT2D eigenvalue weighted by molar-refractivity contribution is -0.131. The fraction of sp³-hybridized carbons (Fsp3) is 0.217. The van der Waals surface area contributed by atoms with Crippen molar-refractivity contribution < 1.29 is 9.53 Å². The first-order chi connectivity index (χ1) is 14.9. The molecule has 8 heteroatoms. The van der Waals surface area contributed by atoms with E-state index in [1.54, 1.807) is 26.4 Å². The minimum absolute atomic E-state index is 0.0559. The topological polar surface area (TPSA) is 102 Å². The zero-order chi connectivity index (χ0) is 22.2. The molecular weight excluding hydrogens is 410 g/mol. The Balaban J connectivity index is 1.79. The first kappa shape index (κ1) is 20.6. The Bertz CT molecular complexity index is 1200. The SMILES string of the molecule is COc1ccc([C@@H]2C(=O)N(C)C(=N)N[C@]2(C)c2cc(-c3cncc(C#N)c3)cs2)cc1. The van der Waals surface area contributed by atoms with Gasteiger partial charge in [-0.15, -0.1) is 11.3 Å². The molecule has 1 aliphatic heterocycles. The van der Waals surface area contributed by atoms with Crippen molar-refractivity contribution in [2.45, 2.75) is 18.4 Å². The van der Waals surface area contributed by atoms with Gasteiger partial charge in [-0.1, -0.05) is 12.1 Å². The van der Waals surface area contributed by atoms with E-state index >= 15 is 0 Å². The predicted molar refractivity (Wildman–Crippen MR) is 119 cm³/mol. The molecule has 2 aromatic heterocycles. The molecule has 4 rings (SSSR count). The summed E-state index contributed by atoms with van der Waals surface area (Å²) in [5, 5.41) is 22.7. The van der Waals surface area contributed by atoms with Crippen LogP contribution in [0.25, 0.3) is 11.1 Å². The van der Waals surface area contributed by atoms with E-state index in [0.717, 1.165) is 21.6 Å². The van der Waals surface area contributed by atoms with Gasteiger partial charge >= 0.3 is 0 Å². The fourth-order valence-electron chi connectivity index (χ4n) is 3.85. The smallest absolute Gasteiger partial charge is 0.239 e. The molecule has 0 radical (unpaired) electrons. The van der Waals surface area contributed by atoms with Gasteiger partial charge in [-0.2, -0.15) is 5.26 Å². The van der Waals surface area contributed by atoms with Crippen molar-refractivity contribution in [2.75, 3.05) is 14.2 Å². The second-order valence-corrected chi connectivity index (χ2v) is 8.46. The van der Waals surface area contributed by atoms with E-state index in [2.05, 4.69) is 16.4 Å². The third-order valence-corrected chi connectivity index (χ3v) is 6.80. The summed E-state index contributed by atoms with van der Waals surface area (Å²) in [6, 6.07) is 13.3. The molecule has 0 unspecified atom stereocenters. The van der Waals surface area contributed by atoms with Gasteiger partial charge in [0.05, 0.1) is 24.1 Å². The number of amides is 1. The number of rotatable bonds is 4. The van der Waals surface area contributed by atoms with Gasteiger partial charge in [0, 0.05) is 29.9 Å². The Morgan fingerprint density at radius 2 is 2.00 bits per heavy atom. The summed E-state index contributed by atoms with van der Waals surface area (Å²) in [4.78, 5) is 19.7. The molecule has 0 saturated carbocycles. The summed E-state index contributed by atoms with van der Waals surface area (Å²) < 4.78 is 5.26. The molecule has 1 aromatic carbocycles. The number of nitrogens with zero attached hydrogens (tertiary/aromatic N) is 3. The highest BCUT2D eigenvalue weighted by Crippen LogP contribution is 2.44. The fourth-order valence-corrected chi connectivity index (χ4v) is 4.91. The second kappa shape index (κ2) is 7.85. The molecule has 31 heavy (non-hydrogen) atoms. The summed E-state index contributed by atoms with van der Waals surface area (Å²) in [7, 11) is 3.21. The van der Waals surface area contributed by atoms with E-state index in [-0.39, 0.29) is 11.9 Å². The quantitative estimate of drug-likeness (QED) is 0.656. The number of carbonyl (C=O) groups excluding carboxylic acids is 1. The van der Waals surface area contributed by atoms with Gasteiger partial charge in [-0.25, -0.2) is 0 Å². The molecule has 7 nitrogen and oxygen atoms in total. The third kappa shape index (κ3) is 3.53. The molecule has 0 bridgehead atoms. The number of likely N-dealkylation sites (N-methyl/N-ethyl adjacent to an activating group) is 1. The lowest BCUT2D eigenvalue weighted by Gasteiger charge is -2.45. The van der Waals surface area contributed by atoms with Crippen LogP contribution in [-0.4, -0.2) is 35.9 Å². The van der Waals surface area contributed by atoms with Crippen LogP contribution < -0.4 is 10.1 Å². The van der Waals surface area contributed by atoms with Crippen molar-refractivity contribution in [3.63, 3.8) is 0 Å². The van der Waals surface area contributed by atoms with E-state index in [9.17, 15) is 4.79 Å². The van der Waals surface area contributed by atoms with Gasteiger partial charge in [-0.05, 0) is 47.7 Å². The molecule has 3 aromatic rings. The number of benzene rings is 1. The monoisotopic (exact) mass is 431 g/mol. The van der Waals surface area contributed by atoms with Gasteiger partial charge in [0.15, 0.2) is 5.96 Å². The standard InChI is InChI=1S/C23H21N5O2S/c1-23(19-9-17(13-31-19)16-8-14(10-24)11-26-12-16)20(21(29)28(2)22(25)27-23)15-4-6-18(30-3)7-5-15/h4-9,11-13,20H,1-3H3,(H2,25,27)/t20-,23-/m1/s1. The Hall–Kier alpha value is -3.70. The average molecular weight is 432 g/mol. The van der Waals surface area contributed by atoms with Gasteiger partial charge in [0.1, 0.15) is 11.8 Å². The van der Waals surface area contributed by atoms with Crippen LogP contribution in [-0.2, 0) is 10.3 Å². The van der Waals surface area contributed by atoms with E-state index in [0.29, 0.717) is 11.3 Å². The van der Waals surface area contributed by atoms with Gasteiger partial charge < -0.3 is 10.1 Å². The maximum atomic E-state index is 13.3. The second-order valence-electron chi connectivity index (χ2n) is 7.55. The molecule has 1 saturated heterocycles. The van der Waals surface area contributed by atoms with Crippen molar-refractivity contribution in [3.8, 4) is 22.9 Å². The normalized spacial score (nSPS) is 20.8. The maximum Gasteiger partial charge on any atom is 0.239 e. The molecule has 2 N–H and O–H groups in total. The Morgan fingerprint density at radius 3 is 2.68 bits per heavy atom. The highest BCUT2D eigenvalue weighted by Gasteiger charge is 2.49. The molecule has 1 fully saturated rings. The summed E-state index contributed by atoms with van der Waals surface area (Å²) >= 11 is 1.51. The summed E-state index contributed by atoms with van der Waals surface area (Å²) in [6.45, 7) is 1.95. The minimum atomic E-state index is -0.821. The van der Waals surface area contributed by atoms with Crippen LogP contribution in [0.5, 0.6) is 5.75 Å². The van der Waals surface area contributed by atoms with Crippen LogP contribution in [0.1, 0.15) is 28.8 Å². The average Bonchev–Trinajstić information content (AvgIpc) is 3.29. The Labute approximate surface area is 184 Å². The first-order valence-electron chi connectivity index (χ1n) is 9.60. The Kier molecular flexibility index (Phi) is 5.21. The lowest BCUT2D eigenvalue weighted by atomic mass is 9.76. The zero-order valence-corrected chi connectivity index (χ0v) is 18.2. The Morgan fingerprint density at radius 1 is 1.26 bits per heavy atom. The molecule has 156 valence electrons. The number of thiophene rings is 1. The molecule has 0 aliphatic carbocycles. The van der Waals surface area contributed by atoms with Gasteiger partial charge in [0.2, 0.25) is 5.91 Å². The van der Waals surface area contributed by atoms with Crippen LogP contribution in [0.2, 0.25) is 0 Å². The molecule has 1 amide bonds. The number of aromatic nitrogens is 1. The van der Waals surface area contributed by atoms with Gasteiger partial charge in [-0.3, -0.25) is 20.1 Å². The number of nitriles is 1. The van der Waals surface area contributed by atoms with Crippen molar-refractivity contribution in [3.05, 3.63) is 70.2 Å². The maximum absolute atomic E-state index is 13.3. The zero-order valence-electron chi connectivity index (χ0n) is 17.3. The number of methoxy groups -OCH3 is 1. The van der Waals surface area contributed by atoms with Crippen LogP contribution in [0, 0.1) is 16.7 Å². The number of ether oxygens (including phenoxy) is 1. The highest BCUT2D eigenvalue weighted by atomic mass is 32.1. The molecule has 1 aliphatic rings. The van der Waals surface area contributed by atoms with Gasteiger partial charge in [0.25, 0.3) is 0 Å². The highest BCUT2D eigenvalue weighted by molar-refractivity contribution is 7.10. The number of hydrogen-bond acceptors (Lipinski definition) is 6. The minimum Gasteiger partial charge on any atom is -0.497 e. The molecule has 2 atom stereocenters. The summed E-state index contributed by atoms with van der Waals surface area (Å²) in [6.07, 6.45) is 3.24. The molecule has 0 spiro atoms. The van der Waals surface area contributed by atoms with Crippen molar-refractivity contribution in [2.24, 2.45) is 0 Å². The van der Waals surface area contributed by atoms with E-state index in [1.807, 2.05) is 42.6 Å². The number of nitrogens with one attached hydrogen (secondary N) is 2. The van der Waals surface area contributed by atoms with Crippen LogP contribution >= 0.6 is 11.3 Å². The molecule has 3 heterocycles. The number of carbonyl (C=O) groups is 1. The summed E-state index contributed by atoms with van der Waals surface area (Å²) in [5.74, 6) is 0.0819. The number of guanidine groups is 1. The largest absolute Gasteiger partial charge is 0.497 e. The number of pyridine rings is 1. The lowest BCUT2D eigenvalue weighted by Crippen LogP contribution is -2.62. The van der Waals surface area contributed by atoms with Crippen molar-refractivity contribution in [1.82, 2.24) is 15.2 Å². The van der Waals surface area contributed by atoms with Crippen LogP contribution in [0.15, 0.2) is 54.2 Å². The molecular formula is C23H21N5O2S. The van der Waals surface area contributed by atoms with Crippen molar-refractivity contribution >= 4 is 23.2 Å². The first-order valence-corrected chi connectivity index (χ1v) is 10.5. The van der Waals surface area contributed by atoms with E-state index in [4.69, 9.17) is 15.4 Å². The van der Waals surface area contributed by atoms with Crippen LogP contribution in [0.3, 0.4) is 0 Å².